The maximum Gasteiger partial charge on any atom is 0.0713 e. The number of fused-ring (bicyclic) bond motifs is 3. The lowest BCUT2D eigenvalue weighted by molar-refractivity contribution is 0.769. The molecule has 0 aromatic heterocycles. The van der Waals surface area contributed by atoms with Crippen molar-refractivity contribution in [3.63, 3.8) is 0 Å². The SMILES string of the molecule is CCc1cccc(-c2cccc(-c3ccc4c(c3)C(c3ccccc3)(c3ccccc3)c3ccccc3-4)c2)c1. The Labute approximate surface area is 231 Å². The maximum atomic E-state index is 2.44. The van der Waals surface area contributed by atoms with Crippen molar-refractivity contribution in [1.29, 1.82) is 0 Å². The summed E-state index contributed by atoms with van der Waals surface area (Å²) in [6.45, 7) is 2.21. The van der Waals surface area contributed by atoms with Crippen molar-refractivity contribution in [1.82, 2.24) is 0 Å². The minimum Gasteiger partial charge on any atom is -0.0622 e. The number of hydrogen-bond donors (Lipinski definition) is 0. The fourth-order valence-corrected chi connectivity index (χ4v) is 6.47. The van der Waals surface area contributed by atoms with Crippen LogP contribution in [0.1, 0.15) is 34.7 Å². The zero-order valence-corrected chi connectivity index (χ0v) is 22.1. The van der Waals surface area contributed by atoms with Crippen molar-refractivity contribution < 1.29 is 0 Å². The molecule has 0 heteroatoms. The Balaban J connectivity index is 1.47. The van der Waals surface area contributed by atoms with Gasteiger partial charge in [-0.1, -0.05) is 146 Å². The molecule has 1 aliphatic rings. The molecule has 0 saturated heterocycles. The van der Waals surface area contributed by atoms with E-state index in [2.05, 4.69) is 159 Å². The van der Waals surface area contributed by atoms with Gasteiger partial charge in [0.2, 0.25) is 0 Å². The normalized spacial score (nSPS) is 13.1. The highest BCUT2D eigenvalue weighted by molar-refractivity contribution is 5.88. The van der Waals surface area contributed by atoms with Crippen molar-refractivity contribution in [2.24, 2.45) is 0 Å². The van der Waals surface area contributed by atoms with Gasteiger partial charge in [0.25, 0.3) is 0 Å². The van der Waals surface area contributed by atoms with E-state index in [9.17, 15) is 0 Å². The summed E-state index contributed by atoms with van der Waals surface area (Å²) in [5, 5.41) is 0. The summed E-state index contributed by atoms with van der Waals surface area (Å²) in [6, 6.07) is 55.9. The molecule has 0 amide bonds. The number of hydrogen-bond acceptors (Lipinski definition) is 0. The van der Waals surface area contributed by atoms with Gasteiger partial charge < -0.3 is 0 Å². The molecule has 1 aliphatic carbocycles. The second-order valence-corrected chi connectivity index (χ2v) is 10.4. The lowest BCUT2D eigenvalue weighted by atomic mass is 9.67. The van der Waals surface area contributed by atoms with Crippen LogP contribution < -0.4 is 0 Å². The summed E-state index contributed by atoms with van der Waals surface area (Å²) in [5.41, 5.74) is 13.9. The van der Waals surface area contributed by atoms with E-state index in [0.29, 0.717) is 0 Å². The van der Waals surface area contributed by atoms with Crippen LogP contribution in [0.4, 0.5) is 0 Å². The highest BCUT2D eigenvalue weighted by Crippen LogP contribution is 2.56. The summed E-state index contributed by atoms with van der Waals surface area (Å²) < 4.78 is 0. The lowest BCUT2D eigenvalue weighted by Gasteiger charge is -2.34. The van der Waals surface area contributed by atoms with E-state index in [1.807, 2.05) is 0 Å². The minimum absolute atomic E-state index is 0.377. The average Bonchev–Trinajstić information content (AvgIpc) is 3.32. The second-order valence-electron chi connectivity index (χ2n) is 10.4. The molecule has 7 rings (SSSR count). The van der Waals surface area contributed by atoms with Gasteiger partial charge in [0, 0.05) is 0 Å². The molecule has 0 aliphatic heterocycles. The van der Waals surface area contributed by atoms with E-state index in [4.69, 9.17) is 0 Å². The van der Waals surface area contributed by atoms with Gasteiger partial charge in [0.1, 0.15) is 0 Å². The van der Waals surface area contributed by atoms with E-state index in [0.717, 1.165) is 6.42 Å². The van der Waals surface area contributed by atoms with Gasteiger partial charge in [-0.25, -0.2) is 0 Å². The fraction of sp³-hybridized carbons (Fsp3) is 0.0769. The zero-order valence-electron chi connectivity index (χ0n) is 22.1. The zero-order chi connectivity index (χ0) is 26.2. The van der Waals surface area contributed by atoms with Gasteiger partial charge >= 0.3 is 0 Å². The van der Waals surface area contributed by atoms with Crippen LogP contribution in [-0.2, 0) is 11.8 Å². The van der Waals surface area contributed by atoms with E-state index in [1.54, 1.807) is 0 Å². The summed E-state index contributed by atoms with van der Waals surface area (Å²) in [5.74, 6) is 0. The van der Waals surface area contributed by atoms with Crippen molar-refractivity contribution in [3.8, 4) is 33.4 Å². The first-order chi connectivity index (χ1) is 19.3. The number of benzene rings is 6. The van der Waals surface area contributed by atoms with Crippen LogP contribution in [0, 0.1) is 0 Å². The number of rotatable bonds is 5. The molecule has 0 spiro atoms. The molecule has 0 fully saturated rings. The van der Waals surface area contributed by atoms with Crippen LogP contribution in [0.15, 0.2) is 152 Å². The van der Waals surface area contributed by atoms with Gasteiger partial charge in [0.05, 0.1) is 5.41 Å². The van der Waals surface area contributed by atoms with Gasteiger partial charge in [-0.2, -0.15) is 0 Å². The van der Waals surface area contributed by atoms with Gasteiger partial charge in [-0.15, -0.1) is 0 Å². The lowest BCUT2D eigenvalue weighted by Crippen LogP contribution is -2.28. The van der Waals surface area contributed by atoms with Gasteiger partial charge in [0.15, 0.2) is 0 Å². The third-order valence-electron chi connectivity index (χ3n) is 8.32. The molecule has 0 atom stereocenters. The molecule has 6 aromatic rings. The smallest absolute Gasteiger partial charge is 0.0622 e. The van der Waals surface area contributed by atoms with E-state index >= 15 is 0 Å². The first kappa shape index (κ1) is 23.4. The van der Waals surface area contributed by atoms with Crippen LogP contribution in [-0.4, -0.2) is 0 Å². The van der Waals surface area contributed by atoms with E-state index < -0.39 is 0 Å². The fourth-order valence-electron chi connectivity index (χ4n) is 6.47. The molecule has 0 unspecified atom stereocenters. The summed E-state index contributed by atoms with van der Waals surface area (Å²) in [7, 11) is 0. The standard InChI is InChI=1S/C39H30/c1-2-28-13-11-14-29(25-28)30-15-12-16-31(26-30)32-23-24-36-35-21-9-10-22-37(35)39(38(36)27-32,33-17-5-3-6-18-33)34-19-7-4-8-20-34/h3-27H,2H2,1H3. The third kappa shape index (κ3) is 3.75. The molecule has 0 saturated carbocycles. The van der Waals surface area contributed by atoms with E-state index in [1.165, 1.54) is 61.2 Å². The average molecular weight is 499 g/mol. The van der Waals surface area contributed by atoms with Gasteiger partial charge in [-0.3, -0.25) is 0 Å². The monoisotopic (exact) mass is 498 g/mol. The Hall–Kier alpha value is -4.68. The second kappa shape index (κ2) is 9.57. The molecule has 186 valence electrons. The highest BCUT2D eigenvalue weighted by atomic mass is 14.5. The Morgan fingerprint density at radius 3 is 1.62 bits per heavy atom. The molecule has 39 heavy (non-hydrogen) atoms. The third-order valence-corrected chi connectivity index (χ3v) is 8.32. The quantitative estimate of drug-likeness (QED) is 0.221. The Morgan fingerprint density at radius 1 is 0.410 bits per heavy atom. The summed E-state index contributed by atoms with van der Waals surface area (Å²) in [4.78, 5) is 0. The predicted molar refractivity (Wildman–Crippen MR) is 164 cm³/mol. The highest BCUT2D eigenvalue weighted by Gasteiger charge is 2.45. The van der Waals surface area contributed by atoms with Crippen LogP contribution in [0.3, 0.4) is 0 Å². The van der Waals surface area contributed by atoms with Crippen molar-refractivity contribution in [2.45, 2.75) is 18.8 Å². The van der Waals surface area contributed by atoms with Gasteiger partial charge in [-0.05, 0) is 79.8 Å². The molecule has 0 bridgehead atoms. The summed E-state index contributed by atoms with van der Waals surface area (Å²) >= 11 is 0. The molecule has 0 radical (unpaired) electrons. The largest absolute Gasteiger partial charge is 0.0713 e. The molecule has 0 N–H and O–H groups in total. The molecule has 0 heterocycles. The first-order valence-electron chi connectivity index (χ1n) is 13.8. The Morgan fingerprint density at radius 2 is 0.949 bits per heavy atom. The molecular formula is C39H30. The summed E-state index contributed by atoms with van der Waals surface area (Å²) in [6.07, 6.45) is 1.04. The Kier molecular flexibility index (Phi) is 5.75. The molecule has 0 nitrogen and oxygen atoms in total. The van der Waals surface area contributed by atoms with Crippen LogP contribution >= 0.6 is 0 Å². The molecule has 6 aromatic carbocycles. The maximum absolute atomic E-state index is 2.44. The molecular weight excluding hydrogens is 468 g/mol. The van der Waals surface area contributed by atoms with E-state index in [-0.39, 0.29) is 5.41 Å². The predicted octanol–water partition coefficient (Wildman–Crippen LogP) is 9.95. The Bertz CT molecular complexity index is 1740. The van der Waals surface area contributed by atoms with Crippen molar-refractivity contribution in [2.75, 3.05) is 0 Å². The van der Waals surface area contributed by atoms with Crippen molar-refractivity contribution in [3.05, 3.63) is 179 Å². The van der Waals surface area contributed by atoms with Crippen LogP contribution in [0.2, 0.25) is 0 Å². The topological polar surface area (TPSA) is 0 Å². The minimum atomic E-state index is -0.377. The number of aryl methyl sites for hydroxylation is 1. The van der Waals surface area contributed by atoms with Crippen LogP contribution in [0.25, 0.3) is 33.4 Å². The van der Waals surface area contributed by atoms with Crippen LogP contribution in [0.5, 0.6) is 0 Å². The first-order valence-corrected chi connectivity index (χ1v) is 13.8. The van der Waals surface area contributed by atoms with Crippen molar-refractivity contribution >= 4 is 0 Å².